The van der Waals surface area contributed by atoms with Gasteiger partial charge in [0, 0.05) is 29.2 Å². The summed E-state index contributed by atoms with van der Waals surface area (Å²) in [5, 5.41) is 0. The van der Waals surface area contributed by atoms with E-state index < -0.39 is 29.4 Å². The molecule has 3 saturated heterocycles. The monoisotopic (exact) mass is 516 g/mol. The Morgan fingerprint density at radius 3 is 2.00 bits per heavy atom. The number of carbonyl (C=O) groups excluding carboxylic acids is 1. The summed E-state index contributed by atoms with van der Waals surface area (Å²) in [6.07, 6.45) is 5.05. The van der Waals surface area contributed by atoms with Gasteiger partial charge >= 0.3 is 5.97 Å². The van der Waals surface area contributed by atoms with Crippen LogP contribution in [0.4, 0.5) is 0 Å². The lowest BCUT2D eigenvalue weighted by Gasteiger charge is -2.45. The van der Waals surface area contributed by atoms with Crippen LogP contribution in [0.2, 0.25) is 0 Å². The number of hydrogen-bond acceptors (Lipinski definition) is 7. The second-order valence-corrected chi connectivity index (χ2v) is 14.9. The molecule has 3 aliphatic heterocycles. The lowest BCUT2D eigenvalue weighted by Crippen LogP contribution is -2.60. The van der Waals surface area contributed by atoms with Gasteiger partial charge in [-0.15, -0.1) is 0 Å². The molecule has 0 amide bonds. The van der Waals surface area contributed by atoms with Crippen LogP contribution in [0, 0.1) is 33.5 Å². The fourth-order valence-corrected chi connectivity index (χ4v) is 9.83. The fraction of sp³-hybridized carbons (Fsp3) is 0.900. The van der Waals surface area contributed by atoms with E-state index in [1.165, 1.54) is 12.8 Å². The van der Waals surface area contributed by atoms with Gasteiger partial charge in [0.05, 0.1) is 6.61 Å². The zero-order valence-electron chi connectivity index (χ0n) is 23.6. The van der Waals surface area contributed by atoms with E-state index in [1.807, 2.05) is 0 Å². The fourth-order valence-electron chi connectivity index (χ4n) is 9.83. The van der Waals surface area contributed by atoms with Crippen LogP contribution in [0.25, 0.3) is 0 Å². The van der Waals surface area contributed by atoms with Crippen molar-refractivity contribution in [2.75, 3.05) is 13.2 Å². The Morgan fingerprint density at radius 2 is 1.49 bits per heavy atom. The van der Waals surface area contributed by atoms with E-state index in [0.717, 1.165) is 25.7 Å². The molecule has 0 aromatic heterocycles. The van der Waals surface area contributed by atoms with Gasteiger partial charge in [0.2, 0.25) is 5.79 Å². The molecule has 7 aliphatic rings. The molecule has 0 N–H and O–H groups in total. The SMILES string of the molecule is C=C(C)C(=O)OC[C@@]12OC[C@H]3OC4(CC5CCC4(C)C5(C)C)O[C@H]3[C@@H]1OC1(CC3CCC1(C)C3(C)C)O2. The summed E-state index contributed by atoms with van der Waals surface area (Å²) in [6.45, 7) is 19.7. The van der Waals surface area contributed by atoms with E-state index in [9.17, 15) is 4.79 Å². The van der Waals surface area contributed by atoms with Gasteiger partial charge in [0.1, 0.15) is 24.9 Å². The molecule has 0 radical (unpaired) electrons. The van der Waals surface area contributed by atoms with Crippen molar-refractivity contribution in [3.05, 3.63) is 12.2 Å². The van der Waals surface area contributed by atoms with E-state index in [4.69, 9.17) is 28.4 Å². The first-order valence-corrected chi connectivity index (χ1v) is 14.4. The van der Waals surface area contributed by atoms with Crippen LogP contribution in [0.5, 0.6) is 0 Å². The molecule has 6 unspecified atom stereocenters. The average Bonchev–Trinajstić information content (AvgIpc) is 3.55. The van der Waals surface area contributed by atoms with Crippen molar-refractivity contribution in [1.82, 2.24) is 0 Å². The Balaban J connectivity index is 1.26. The van der Waals surface area contributed by atoms with Crippen molar-refractivity contribution in [2.45, 2.75) is 123 Å². The first kappa shape index (κ1) is 25.0. The molecule has 4 saturated carbocycles. The lowest BCUT2D eigenvalue weighted by molar-refractivity contribution is -0.322. The van der Waals surface area contributed by atoms with Crippen molar-refractivity contribution in [3.8, 4) is 0 Å². The predicted octanol–water partition coefficient (Wildman–Crippen LogP) is 5.12. The molecule has 37 heavy (non-hydrogen) atoms. The summed E-state index contributed by atoms with van der Waals surface area (Å²) < 4.78 is 40.3. The number of esters is 1. The first-order valence-electron chi connectivity index (χ1n) is 14.4. The zero-order valence-corrected chi connectivity index (χ0v) is 23.6. The molecule has 2 spiro atoms. The summed E-state index contributed by atoms with van der Waals surface area (Å²) in [4.78, 5) is 12.5. The van der Waals surface area contributed by atoms with Crippen molar-refractivity contribution in [2.24, 2.45) is 33.5 Å². The van der Waals surface area contributed by atoms with Gasteiger partial charge in [-0.05, 0) is 55.3 Å². The van der Waals surface area contributed by atoms with E-state index in [-0.39, 0.29) is 40.5 Å². The number of ether oxygens (including phenoxy) is 6. The van der Waals surface area contributed by atoms with Crippen molar-refractivity contribution in [3.63, 3.8) is 0 Å². The molecule has 4 aliphatic carbocycles. The minimum atomic E-state index is -1.24. The van der Waals surface area contributed by atoms with Crippen molar-refractivity contribution in [1.29, 1.82) is 0 Å². The third-order valence-corrected chi connectivity index (χ3v) is 13.2. The van der Waals surface area contributed by atoms with Gasteiger partial charge < -0.3 is 28.4 Å². The molecule has 3 heterocycles. The highest BCUT2D eigenvalue weighted by atomic mass is 16.9. The maximum Gasteiger partial charge on any atom is 0.333 e. The van der Waals surface area contributed by atoms with E-state index in [0.29, 0.717) is 24.0 Å². The highest BCUT2D eigenvalue weighted by Crippen LogP contribution is 2.76. The van der Waals surface area contributed by atoms with Gasteiger partial charge in [0.15, 0.2) is 11.6 Å². The minimum Gasteiger partial charge on any atom is -0.456 e. The van der Waals surface area contributed by atoms with Crippen LogP contribution in [0.3, 0.4) is 0 Å². The number of carbonyl (C=O) groups is 1. The largest absolute Gasteiger partial charge is 0.456 e. The van der Waals surface area contributed by atoms with Crippen LogP contribution in [0.1, 0.15) is 87.0 Å². The van der Waals surface area contributed by atoms with Gasteiger partial charge in [-0.2, -0.15) is 0 Å². The topological polar surface area (TPSA) is 72.5 Å². The number of hydrogen-bond donors (Lipinski definition) is 0. The standard InChI is InChI=1S/C30H44O7/c1-17(2)23(31)32-16-28-22(36-30(37-28)14-19-10-12-27(30,8)25(19,5)6)21-20(15-33-28)34-29(35-21)13-18-9-11-26(29,7)24(18,3)4/h18-22H,1,9-16H2,2-8H3/t18?,19?,20-,21-,22+,26?,27?,28+,29?,30?/m1/s1. The number of rotatable bonds is 3. The van der Waals surface area contributed by atoms with Crippen molar-refractivity contribution >= 4 is 5.97 Å². The summed E-state index contributed by atoms with van der Waals surface area (Å²) in [7, 11) is 0. The molecule has 7 fully saturated rings. The van der Waals surface area contributed by atoms with Crippen LogP contribution in [-0.4, -0.2) is 54.9 Å². The Morgan fingerprint density at radius 1 is 0.892 bits per heavy atom. The molecule has 206 valence electrons. The summed E-state index contributed by atoms with van der Waals surface area (Å²) in [6, 6.07) is 0. The summed E-state index contributed by atoms with van der Waals surface area (Å²) in [5.74, 6) is -2.09. The Kier molecular flexibility index (Phi) is 4.74. The van der Waals surface area contributed by atoms with Crippen LogP contribution in [-0.2, 0) is 33.2 Å². The molecule has 0 aromatic rings. The van der Waals surface area contributed by atoms with Gasteiger partial charge in [-0.3, -0.25) is 0 Å². The summed E-state index contributed by atoms with van der Waals surface area (Å²) >= 11 is 0. The van der Waals surface area contributed by atoms with Crippen LogP contribution in [0.15, 0.2) is 12.2 Å². The second-order valence-electron chi connectivity index (χ2n) is 14.9. The Hall–Kier alpha value is -0.990. The molecule has 0 aromatic carbocycles. The smallest absolute Gasteiger partial charge is 0.333 e. The highest BCUT2D eigenvalue weighted by molar-refractivity contribution is 5.86. The molecule has 4 bridgehead atoms. The third kappa shape index (κ3) is 2.65. The summed E-state index contributed by atoms with van der Waals surface area (Å²) in [5.41, 5.74) is 0.260. The number of fused-ring (bicyclic) bond motifs is 9. The van der Waals surface area contributed by atoms with Crippen LogP contribution >= 0.6 is 0 Å². The first-order chi connectivity index (χ1) is 17.2. The van der Waals surface area contributed by atoms with E-state index >= 15 is 0 Å². The third-order valence-electron chi connectivity index (χ3n) is 13.2. The molecular weight excluding hydrogens is 472 g/mol. The quantitative estimate of drug-likeness (QED) is 0.381. The molecule has 10 atom stereocenters. The van der Waals surface area contributed by atoms with Gasteiger partial charge in [-0.25, -0.2) is 4.79 Å². The Labute approximate surface area is 220 Å². The molecule has 7 heteroatoms. The Bertz CT molecular complexity index is 1070. The zero-order chi connectivity index (χ0) is 26.4. The minimum absolute atomic E-state index is 0.0583. The van der Waals surface area contributed by atoms with Gasteiger partial charge in [0.25, 0.3) is 0 Å². The van der Waals surface area contributed by atoms with Crippen LogP contribution < -0.4 is 0 Å². The van der Waals surface area contributed by atoms with E-state index in [1.54, 1.807) is 6.92 Å². The highest BCUT2D eigenvalue weighted by Gasteiger charge is 2.81. The van der Waals surface area contributed by atoms with Gasteiger partial charge in [-0.1, -0.05) is 48.1 Å². The maximum absolute atomic E-state index is 12.5. The molecule has 7 rings (SSSR count). The second kappa shape index (κ2) is 7.01. The van der Waals surface area contributed by atoms with Crippen molar-refractivity contribution < 1.29 is 33.2 Å². The molecule has 7 nitrogen and oxygen atoms in total. The predicted molar refractivity (Wildman–Crippen MR) is 134 cm³/mol. The normalized spacial score (nSPS) is 55.7. The lowest BCUT2D eigenvalue weighted by atomic mass is 9.68. The average molecular weight is 517 g/mol. The maximum atomic E-state index is 12.5. The molecular formula is C30H44O7. The van der Waals surface area contributed by atoms with E-state index in [2.05, 4.69) is 48.1 Å².